The van der Waals surface area contributed by atoms with Gasteiger partial charge in [-0.2, -0.15) is 0 Å². The van der Waals surface area contributed by atoms with Crippen LogP contribution in [-0.4, -0.2) is 9.91 Å². The van der Waals surface area contributed by atoms with E-state index in [1.54, 1.807) is 11.1 Å². The molecule has 5 rings (SSSR count). The Morgan fingerprint density at radius 1 is 0.893 bits per heavy atom. The van der Waals surface area contributed by atoms with Crippen LogP contribution < -0.4 is 5.32 Å². The number of benzene rings is 1. The molecule has 0 saturated heterocycles. The highest BCUT2D eigenvalue weighted by molar-refractivity contribution is 8.15. The van der Waals surface area contributed by atoms with Crippen LogP contribution in [0.1, 0.15) is 66.7 Å². The normalized spacial score (nSPS) is 34.9. The maximum Gasteiger partial charge on any atom is 0.166 e. The van der Waals surface area contributed by atoms with Crippen LogP contribution >= 0.6 is 11.8 Å². The van der Waals surface area contributed by atoms with Crippen LogP contribution in [0.15, 0.2) is 58.2 Å². The van der Waals surface area contributed by atoms with Gasteiger partial charge in [-0.3, -0.25) is 0 Å². The maximum absolute atomic E-state index is 5.20. The van der Waals surface area contributed by atoms with Crippen molar-refractivity contribution < 1.29 is 0 Å². The predicted molar refractivity (Wildman–Crippen MR) is 122 cm³/mol. The zero-order valence-electron chi connectivity index (χ0n) is 17.9. The Bertz CT molecular complexity index is 921. The molecule has 3 heteroatoms. The van der Waals surface area contributed by atoms with Crippen LogP contribution in [0, 0.1) is 16.2 Å². The van der Waals surface area contributed by atoms with Crippen molar-refractivity contribution in [2.24, 2.45) is 21.2 Å². The van der Waals surface area contributed by atoms with Gasteiger partial charge in [0.2, 0.25) is 0 Å². The number of hydrogen-bond acceptors (Lipinski definition) is 3. The van der Waals surface area contributed by atoms with E-state index < -0.39 is 0 Å². The average molecular weight is 393 g/mol. The summed E-state index contributed by atoms with van der Waals surface area (Å²) in [6, 6.07) is 10.5. The van der Waals surface area contributed by atoms with Gasteiger partial charge in [-0.25, -0.2) is 4.99 Å². The summed E-state index contributed by atoms with van der Waals surface area (Å²) in [5.41, 5.74) is 6.61. The van der Waals surface area contributed by atoms with E-state index in [0.717, 1.165) is 17.3 Å². The van der Waals surface area contributed by atoms with Crippen molar-refractivity contribution in [2.75, 3.05) is 5.32 Å². The lowest BCUT2D eigenvalue weighted by molar-refractivity contribution is 0.107. The first-order valence-corrected chi connectivity index (χ1v) is 11.4. The molecule has 2 bridgehead atoms. The number of para-hydroxylation sites is 1. The Morgan fingerprint density at radius 2 is 1.64 bits per heavy atom. The fourth-order valence-electron chi connectivity index (χ4n) is 6.73. The minimum atomic E-state index is 0.172. The lowest BCUT2D eigenvalue weighted by atomic mass is 9.52. The van der Waals surface area contributed by atoms with Gasteiger partial charge >= 0.3 is 0 Å². The van der Waals surface area contributed by atoms with Crippen molar-refractivity contribution >= 4 is 22.6 Å². The molecule has 28 heavy (non-hydrogen) atoms. The third kappa shape index (κ3) is 3.07. The Balaban J connectivity index is 1.65. The van der Waals surface area contributed by atoms with Gasteiger partial charge in [0, 0.05) is 11.4 Å². The van der Waals surface area contributed by atoms with Gasteiger partial charge in [0.05, 0.1) is 4.75 Å². The number of aliphatic imine (C=N–C) groups is 1. The number of fused-ring (bicyclic) bond motifs is 1. The summed E-state index contributed by atoms with van der Waals surface area (Å²) < 4.78 is 0.172. The zero-order chi connectivity index (χ0) is 19.8. The number of anilines is 1. The minimum absolute atomic E-state index is 0.172. The van der Waals surface area contributed by atoms with Gasteiger partial charge in [0.25, 0.3) is 0 Å². The van der Waals surface area contributed by atoms with E-state index in [-0.39, 0.29) is 10.2 Å². The summed E-state index contributed by atoms with van der Waals surface area (Å²) in [7, 11) is 0. The lowest BCUT2D eigenvalue weighted by Gasteiger charge is -2.59. The Hall–Kier alpha value is -1.48. The summed E-state index contributed by atoms with van der Waals surface area (Å²) in [5.74, 6) is 0. The molecule has 1 aromatic rings. The van der Waals surface area contributed by atoms with E-state index in [2.05, 4.69) is 76.3 Å². The van der Waals surface area contributed by atoms with E-state index in [4.69, 9.17) is 4.99 Å². The first-order chi connectivity index (χ1) is 13.1. The molecule has 0 amide bonds. The average Bonchev–Trinajstić information content (AvgIpc) is 2.50. The summed E-state index contributed by atoms with van der Waals surface area (Å²) in [5, 5.41) is 4.73. The molecule has 2 nitrogen and oxygen atoms in total. The molecule has 1 aromatic carbocycles. The van der Waals surface area contributed by atoms with Crippen molar-refractivity contribution in [1.82, 2.24) is 0 Å². The summed E-state index contributed by atoms with van der Waals surface area (Å²) in [4.78, 5) is 5.20. The van der Waals surface area contributed by atoms with Crippen molar-refractivity contribution in [1.29, 1.82) is 0 Å². The van der Waals surface area contributed by atoms with Crippen LogP contribution in [0.5, 0.6) is 0 Å². The Kier molecular flexibility index (Phi) is 3.83. The number of rotatable bonds is 1. The van der Waals surface area contributed by atoms with Crippen molar-refractivity contribution in [2.45, 2.75) is 71.5 Å². The molecular weight excluding hydrogens is 360 g/mol. The second kappa shape index (κ2) is 5.78. The molecule has 1 spiro atoms. The standard InChI is InChI=1S/C25H32N2S/c1-22(2)11-17-12-24(5)14-23(3,4)15-25(16-24)20(17)19(13-22)27-21(28-25)26-18-9-7-6-8-10-18/h6-10,12H,11,13-16H2,1-5H3,(H,26,27)/t24-,25-/m1/s1. The molecule has 0 unspecified atom stereocenters. The van der Waals surface area contributed by atoms with Crippen LogP contribution in [-0.2, 0) is 0 Å². The highest BCUT2D eigenvalue weighted by atomic mass is 32.2. The predicted octanol–water partition coefficient (Wildman–Crippen LogP) is 7.17. The Morgan fingerprint density at radius 3 is 2.39 bits per heavy atom. The molecule has 1 aliphatic heterocycles. The molecule has 1 N–H and O–H groups in total. The van der Waals surface area contributed by atoms with Crippen LogP contribution in [0.25, 0.3) is 0 Å². The molecular formula is C25H32N2S. The number of thioether (sulfide) groups is 1. The summed E-state index contributed by atoms with van der Waals surface area (Å²) in [6.07, 6.45) is 8.69. The number of nitrogens with one attached hydrogen (secondary N) is 1. The van der Waals surface area contributed by atoms with E-state index in [9.17, 15) is 0 Å². The van der Waals surface area contributed by atoms with Crippen LogP contribution in [0.2, 0.25) is 0 Å². The van der Waals surface area contributed by atoms with E-state index >= 15 is 0 Å². The molecule has 3 aliphatic carbocycles. The number of hydrogen-bond donors (Lipinski definition) is 1. The van der Waals surface area contributed by atoms with Crippen molar-refractivity contribution in [3.05, 3.63) is 53.3 Å². The van der Waals surface area contributed by atoms with E-state index in [0.29, 0.717) is 10.8 Å². The minimum Gasteiger partial charge on any atom is -0.335 e. The smallest absolute Gasteiger partial charge is 0.166 e. The molecule has 1 fully saturated rings. The molecule has 4 aliphatic rings. The summed E-state index contributed by atoms with van der Waals surface area (Å²) in [6.45, 7) is 12.2. The van der Waals surface area contributed by atoms with Gasteiger partial charge < -0.3 is 5.32 Å². The maximum atomic E-state index is 5.20. The summed E-state index contributed by atoms with van der Waals surface area (Å²) >= 11 is 2.01. The third-order valence-electron chi connectivity index (χ3n) is 6.79. The third-order valence-corrected chi connectivity index (χ3v) is 8.06. The van der Waals surface area contributed by atoms with Crippen LogP contribution in [0.3, 0.4) is 0 Å². The van der Waals surface area contributed by atoms with Gasteiger partial charge in [-0.1, -0.05) is 70.7 Å². The van der Waals surface area contributed by atoms with E-state index in [1.165, 1.54) is 31.4 Å². The number of nitrogens with zero attached hydrogens (tertiary/aromatic N) is 1. The van der Waals surface area contributed by atoms with Gasteiger partial charge in [-0.15, -0.1) is 0 Å². The highest BCUT2D eigenvalue weighted by Gasteiger charge is 2.57. The van der Waals surface area contributed by atoms with Gasteiger partial charge in [0.1, 0.15) is 0 Å². The zero-order valence-corrected chi connectivity index (χ0v) is 18.7. The number of amidine groups is 1. The van der Waals surface area contributed by atoms with Gasteiger partial charge in [-0.05, 0) is 71.6 Å². The second-order valence-corrected chi connectivity index (χ2v) is 12.7. The fraction of sp³-hybridized carbons (Fsp3) is 0.560. The second-order valence-electron chi connectivity index (χ2n) is 11.4. The number of allylic oxidation sites excluding steroid dienone is 3. The fourth-order valence-corrected chi connectivity index (χ4v) is 8.64. The topological polar surface area (TPSA) is 24.4 Å². The SMILES string of the molecule is CC1(C)CC2=C[C@]3(C)CC(C)(C)C[C@]4(C3)SC(Nc3ccccc3)=NC(=C24)C1. The van der Waals surface area contributed by atoms with Crippen molar-refractivity contribution in [3.63, 3.8) is 0 Å². The van der Waals surface area contributed by atoms with E-state index in [1.807, 2.05) is 11.8 Å². The molecule has 1 heterocycles. The molecule has 2 atom stereocenters. The first kappa shape index (κ1) is 18.5. The molecule has 0 radical (unpaired) electrons. The van der Waals surface area contributed by atoms with Crippen LogP contribution in [0.4, 0.5) is 5.69 Å². The Labute approximate surface area is 174 Å². The van der Waals surface area contributed by atoms with Crippen molar-refractivity contribution in [3.8, 4) is 0 Å². The highest BCUT2D eigenvalue weighted by Crippen LogP contribution is 2.67. The first-order valence-electron chi connectivity index (χ1n) is 10.6. The quantitative estimate of drug-likeness (QED) is 0.548. The monoisotopic (exact) mass is 392 g/mol. The molecule has 148 valence electrons. The van der Waals surface area contributed by atoms with Gasteiger partial charge in [0.15, 0.2) is 5.17 Å². The molecule has 0 aromatic heterocycles. The lowest BCUT2D eigenvalue weighted by Crippen LogP contribution is -2.52. The molecule has 1 saturated carbocycles. The largest absolute Gasteiger partial charge is 0.335 e.